The van der Waals surface area contributed by atoms with E-state index in [1.54, 1.807) is 6.92 Å². The van der Waals surface area contributed by atoms with Gasteiger partial charge in [0.05, 0.1) is 17.7 Å². The summed E-state index contributed by atoms with van der Waals surface area (Å²) in [6.45, 7) is 8.89. The van der Waals surface area contributed by atoms with Crippen LogP contribution in [0.5, 0.6) is 0 Å². The maximum absolute atomic E-state index is 11.4. The lowest BCUT2D eigenvalue weighted by Crippen LogP contribution is -2.32. The highest BCUT2D eigenvalue weighted by molar-refractivity contribution is 5.84. The van der Waals surface area contributed by atoms with Gasteiger partial charge in [-0.25, -0.2) is 4.79 Å². The van der Waals surface area contributed by atoms with Gasteiger partial charge < -0.3 is 10.5 Å². The van der Waals surface area contributed by atoms with Crippen molar-refractivity contribution < 1.29 is 14.5 Å². The number of nitro groups is 1. The molecule has 0 saturated carbocycles. The molecule has 0 aliphatic rings. The van der Waals surface area contributed by atoms with Crippen LogP contribution in [0.15, 0.2) is 16.9 Å². The minimum Gasteiger partial charge on any atom is -0.464 e. The largest absolute Gasteiger partial charge is 0.464 e. The average Bonchev–Trinajstić information content (AvgIpc) is 2.32. The minimum absolute atomic E-state index is 0.229. The smallest absolute Gasteiger partial charge is 0.333 e. The number of aliphatic imine (C=N–C) groups is 1. The zero-order chi connectivity index (χ0) is 14.8. The van der Waals surface area contributed by atoms with Crippen LogP contribution in [0.3, 0.4) is 0 Å². The van der Waals surface area contributed by atoms with E-state index < -0.39 is 16.4 Å². The van der Waals surface area contributed by atoms with Gasteiger partial charge in [-0.2, -0.15) is 0 Å². The van der Waals surface area contributed by atoms with Crippen molar-refractivity contribution in [2.75, 3.05) is 6.61 Å². The van der Waals surface area contributed by atoms with Gasteiger partial charge in [-0.15, -0.1) is 0 Å². The van der Waals surface area contributed by atoms with Crippen LogP contribution >= 0.6 is 0 Å². The van der Waals surface area contributed by atoms with Crippen molar-refractivity contribution in [2.45, 2.75) is 40.2 Å². The molecule has 0 bridgehead atoms. The Kier molecular flexibility index (Phi) is 9.37. The molecule has 7 heteroatoms. The minimum atomic E-state index is -1.17. The molecule has 0 saturated heterocycles. The van der Waals surface area contributed by atoms with Crippen LogP contribution in [0, 0.1) is 10.1 Å². The van der Waals surface area contributed by atoms with Crippen molar-refractivity contribution in [1.29, 1.82) is 0 Å². The third kappa shape index (κ3) is 6.62. The summed E-state index contributed by atoms with van der Waals surface area (Å²) in [7, 11) is 0. The van der Waals surface area contributed by atoms with Gasteiger partial charge >= 0.3 is 11.7 Å². The zero-order valence-corrected chi connectivity index (χ0v) is 11.5. The first kappa shape index (κ1) is 18.4. The van der Waals surface area contributed by atoms with Crippen molar-refractivity contribution in [3.05, 3.63) is 22.0 Å². The highest BCUT2D eigenvalue weighted by atomic mass is 16.6. The fourth-order valence-electron chi connectivity index (χ4n) is 0.739. The van der Waals surface area contributed by atoms with Crippen molar-refractivity contribution >= 4 is 12.2 Å². The molecule has 104 valence electrons. The molecule has 0 radical (unpaired) electrons. The maximum atomic E-state index is 11.4. The molecule has 7 nitrogen and oxygen atoms in total. The van der Waals surface area contributed by atoms with Crippen LogP contribution in [-0.2, 0) is 9.53 Å². The van der Waals surface area contributed by atoms with Gasteiger partial charge in [0, 0.05) is 0 Å². The van der Waals surface area contributed by atoms with Crippen LogP contribution in [-0.4, -0.2) is 29.3 Å². The van der Waals surface area contributed by atoms with Gasteiger partial charge in [-0.1, -0.05) is 13.8 Å². The van der Waals surface area contributed by atoms with Crippen molar-refractivity contribution in [3.8, 4) is 0 Å². The molecule has 18 heavy (non-hydrogen) atoms. The Balaban J connectivity index is 0. The lowest BCUT2D eigenvalue weighted by Gasteiger charge is -2.16. The summed E-state index contributed by atoms with van der Waals surface area (Å²) < 4.78 is 4.76. The van der Waals surface area contributed by atoms with Crippen LogP contribution in [0.25, 0.3) is 0 Å². The van der Waals surface area contributed by atoms with E-state index in [0.717, 1.165) is 12.4 Å². The number of carbonyl (C=O) groups excluding carboxylic acids is 1. The van der Waals surface area contributed by atoms with Gasteiger partial charge in [0.2, 0.25) is 0 Å². The normalized spacial score (nSPS) is 11.7. The Bertz CT molecular complexity index is 335. The Hall–Kier alpha value is -1.92. The molecule has 0 fully saturated rings. The zero-order valence-electron chi connectivity index (χ0n) is 11.5. The predicted molar refractivity (Wildman–Crippen MR) is 69.8 cm³/mol. The molecule has 0 atom stereocenters. The number of ether oxygens (including phenoxy) is 1. The molecule has 0 unspecified atom stereocenters. The summed E-state index contributed by atoms with van der Waals surface area (Å²) >= 11 is 0. The van der Waals surface area contributed by atoms with Gasteiger partial charge in [0.15, 0.2) is 5.54 Å². The molecule has 0 aromatic heterocycles. The van der Waals surface area contributed by atoms with Gasteiger partial charge in [-0.05, 0) is 20.8 Å². The van der Waals surface area contributed by atoms with Crippen LogP contribution in [0.4, 0.5) is 0 Å². The number of nitrogens with zero attached hydrogens (tertiary/aromatic N) is 2. The van der Waals surface area contributed by atoms with E-state index >= 15 is 0 Å². The second-order valence-corrected chi connectivity index (χ2v) is 3.39. The Labute approximate surface area is 107 Å². The number of rotatable bonds is 5. The molecular formula is C11H21N3O4. The number of hydrogen-bond acceptors (Lipinski definition) is 6. The fourth-order valence-corrected chi connectivity index (χ4v) is 0.739. The highest BCUT2D eigenvalue weighted by Gasteiger charge is 2.28. The van der Waals surface area contributed by atoms with Crippen molar-refractivity contribution in [1.82, 2.24) is 0 Å². The third-order valence-corrected chi connectivity index (χ3v) is 1.68. The quantitative estimate of drug-likeness (QED) is 0.348. The van der Waals surface area contributed by atoms with Crippen LogP contribution < -0.4 is 5.73 Å². The van der Waals surface area contributed by atoms with E-state index in [-0.39, 0.29) is 12.3 Å². The molecule has 2 N–H and O–H groups in total. The standard InChI is InChI=1S/C9H15N3O4.C2H6/c1-4-16-8(13)9(2,3)11-6-7(5-10)12(14)15;1-2/h5-6H,4,10H2,1-3H3;1-2H3/b7-5+,11-6?;. The first-order valence-electron chi connectivity index (χ1n) is 5.64. The topological polar surface area (TPSA) is 108 Å². The molecule has 0 aromatic rings. The van der Waals surface area contributed by atoms with Crippen LogP contribution in [0.2, 0.25) is 0 Å². The lowest BCUT2D eigenvalue weighted by molar-refractivity contribution is -0.414. The average molecular weight is 259 g/mol. The van der Waals surface area contributed by atoms with Gasteiger partial charge in [0.25, 0.3) is 0 Å². The first-order valence-corrected chi connectivity index (χ1v) is 5.64. The van der Waals surface area contributed by atoms with Crippen molar-refractivity contribution in [2.24, 2.45) is 10.7 Å². The van der Waals surface area contributed by atoms with Crippen molar-refractivity contribution in [3.63, 3.8) is 0 Å². The second kappa shape index (κ2) is 9.15. The number of carbonyl (C=O) groups is 1. The van der Waals surface area contributed by atoms with E-state index in [1.807, 2.05) is 13.8 Å². The third-order valence-electron chi connectivity index (χ3n) is 1.68. The fraction of sp³-hybridized carbons (Fsp3) is 0.636. The monoisotopic (exact) mass is 259 g/mol. The molecule has 0 aliphatic heterocycles. The summed E-state index contributed by atoms with van der Waals surface area (Å²) in [5.41, 5.74) is 3.48. The summed E-state index contributed by atoms with van der Waals surface area (Å²) in [4.78, 5) is 24.9. The molecule has 0 rings (SSSR count). The lowest BCUT2D eigenvalue weighted by atomic mass is 10.1. The number of allylic oxidation sites excluding steroid dienone is 1. The summed E-state index contributed by atoms with van der Waals surface area (Å²) in [6, 6.07) is 0. The number of nitrogens with two attached hydrogens (primary N) is 1. The summed E-state index contributed by atoms with van der Waals surface area (Å²) in [6.07, 6.45) is 1.75. The molecule has 0 spiro atoms. The van der Waals surface area contributed by atoms with Gasteiger partial charge in [-0.3, -0.25) is 15.1 Å². The van der Waals surface area contributed by atoms with E-state index in [1.165, 1.54) is 13.8 Å². The van der Waals surface area contributed by atoms with E-state index in [9.17, 15) is 14.9 Å². The predicted octanol–water partition coefficient (Wildman–Crippen LogP) is 1.50. The second-order valence-electron chi connectivity index (χ2n) is 3.39. The molecule has 0 amide bonds. The molecule has 0 aliphatic carbocycles. The summed E-state index contributed by atoms with van der Waals surface area (Å²) in [5, 5.41) is 10.4. The SMILES string of the molecule is CC.CCOC(=O)C(C)(C)N=C/C(=C\N)[N+](=O)[O-]. The first-order chi connectivity index (χ1) is 8.35. The van der Waals surface area contributed by atoms with Crippen LogP contribution in [0.1, 0.15) is 34.6 Å². The molecule has 0 aromatic carbocycles. The molecule has 0 heterocycles. The molecular weight excluding hydrogens is 238 g/mol. The maximum Gasteiger partial charge on any atom is 0.333 e. The Morgan fingerprint density at radius 1 is 1.50 bits per heavy atom. The van der Waals surface area contributed by atoms with E-state index in [2.05, 4.69) is 4.99 Å². The summed E-state index contributed by atoms with van der Waals surface area (Å²) in [5.74, 6) is -0.550. The highest BCUT2D eigenvalue weighted by Crippen LogP contribution is 2.11. The van der Waals surface area contributed by atoms with E-state index in [4.69, 9.17) is 10.5 Å². The number of hydrogen-bond donors (Lipinski definition) is 1. The Morgan fingerprint density at radius 3 is 2.33 bits per heavy atom. The number of esters is 1. The van der Waals surface area contributed by atoms with E-state index in [0.29, 0.717) is 0 Å². The Morgan fingerprint density at radius 2 is 2.00 bits per heavy atom. The van der Waals surface area contributed by atoms with Gasteiger partial charge in [0.1, 0.15) is 6.21 Å².